The molecule has 150 valence electrons. The van der Waals surface area contributed by atoms with Crippen LogP contribution in [0.5, 0.6) is 0 Å². The van der Waals surface area contributed by atoms with Gasteiger partial charge in [-0.05, 0) is 51.3 Å². The Balaban J connectivity index is 1.89. The van der Waals surface area contributed by atoms with Crippen molar-refractivity contribution in [1.29, 1.82) is 0 Å². The summed E-state index contributed by atoms with van der Waals surface area (Å²) in [6.07, 6.45) is 4.55. The van der Waals surface area contributed by atoms with Gasteiger partial charge in [0.25, 0.3) is 11.5 Å². The van der Waals surface area contributed by atoms with Gasteiger partial charge >= 0.3 is 5.69 Å². The lowest BCUT2D eigenvalue weighted by Gasteiger charge is -2.32. The number of rotatable bonds is 5. The largest absolute Gasteiger partial charge is 0.339 e. The number of piperidine rings is 1. The number of carbonyl (C=O) groups is 1. The van der Waals surface area contributed by atoms with Crippen molar-refractivity contribution in [2.75, 3.05) is 20.1 Å². The van der Waals surface area contributed by atoms with E-state index in [0.29, 0.717) is 23.7 Å². The number of H-pyrrole nitrogens is 1. The van der Waals surface area contributed by atoms with E-state index in [9.17, 15) is 14.4 Å². The molecular weight excluding hydrogens is 358 g/mol. The Kier molecular flexibility index (Phi) is 5.05. The van der Waals surface area contributed by atoms with Crippen molar-refractivity contribution in [2.24, 2.45) is 0 Å². The maximum Gasteiger partial charge on any atom is 0.329 e. The number of aromatic nitrogens is 3. The van der Waals surface area contributed by atoms with Gasteiger partial charge in [-0.1, -0.05) is 6.92 Å². The number of aromatic amines is 1. The highest BCUT2D eigenvalue weighted by Gasteiger charge is 2.31. The first-order chi connectivity index (χ1) is 13.5. The fourth-order valence-electron chi connectivity index (χ4n) is 4.03. The standard InChI is InChI=1S/C20H27N5O3/c1-3-10-25-17-16(18(26)23-20(25)28)14(11-15(22-17)12-4-5-12)19(27)24(2)13-6-8-21-9-7-13/h11-13,21H,3-10H2,1-2H3,(H,23,26,28). The van der Waals surface area contributed by atoms with Gasteiger partial charge in [-0.25, -0.2) is 9.78 Å². The van der Waals surface area contributed by atoms with Crippen LogP contribution in [0.1, 0.15) is 61.0 Å². The number of amides is 1. The van der Waals surface area contributed by atoms with E-state index in [2.05, 4.69) is 15.3 Å². The van der Waals surface area contributed by atoms with E-state index < -0.39 is 11.2 Å². The predicted molar refractivity (Wildman–Crippen MR) is 107 cm³/mol. The van der Waals surface area contributed by atoms with Gasteiger partial charge in [-0.2, -0.15) is 0 Å². The van der Waals surface area contributed by atoms with E-state index in [-0.39, 0.29) is 17.3 Å². The number of hydrogen-bond donors (Lipinski definition) is 2. The highest BCUT2D eigenvalue weighted by molar-refractivity contribution is 6.05. The second-order valence-electron chi connectivity index (χ2n) is 7.88. The molecule has 1 aliphatic heterocycles. The number of aryl methyl sites for hydroxylation is 1. The van der Waals surface area contributed by atoms with Gasteiger partial charge in [0.15, 0.2) is 5.65 Å². The van der Waals surface area contributed by atoms with Crippen LogP contribution in [0.15, 0.2) is 15.7 Å². The molecule has 0 unspecified atom stereocenters. The minimum absolute atomic E-state index is 0.141. The van der Waals surface area contributed by atoms with Crippen molar-refractivity contribution in [3.05, 3.63) is 38.2 Å². The molecule has 0 aromatic carbocycles. The zero-order valence-electron chi connectivity index (χ0n) is 16.5. The van der Waals surface area contributed by atoms with E-state index in [1.807, 2.05) is 6.92 Å². The van der Waals surface area contributed by atoms with Gasteiger partial charge in [0.2, 0.25) is 0 Å². The molecule has 2 fully saturated rings. The molecule has 1 saturated carbocycles. The van der Waals surface area contributed by atoms with Crippen LogP contribution in [0.3, 0.4) is 0 Å². The Hall–Kier alpha value is -2.48. The lowest BCUT2D eigenvalue weighted by molar-refractivity contribution is 0.0705. The molecule has 0 radical (unpaired) electrons. The number of hydrogen-bond acceptors (Lipinski definition) is 5. The van der Waals surface area contributed by atoms with Crippen molar-refractivity contribution in [3.63, 3.8) is 0 Å². The zero-order valence-corrected chi connectivity index (χ0v) is 16.5. The second-order valence-corrected chi connectivity index (χ2v) is 7.88. The van der Waals surface area contributed by atoms with E-state index in [0.717, 1.165) is 50.9 Å². The third-order valence-corrected chi connectivity index (χ3v) is 5.82. The van der Waals surface area contributed by atoms with Crippen molar-refractivity contribution in [3.8, 4) is 0 Å². The van der Waals surface area contributed by atoms with Crippen molar-refractivity contribution < 1.29 is 4.79 Å². The number of pyridine rings is 1. The molecule has 0 atom stereocenters. The van der Waals surface area contributed by atoms with Gasteiger partial charge < -0.3 is 10.2 Å². The summed E-state index contributed by atoms with van der Waals surface area (Å²) in [5.74, 6) is 0.137. The van der Waals surface area contributed by atoms with Crippen LogP contribution in [0.4, 0.5) is 0 Å². The van der Waals surface area contributed by atoms with Crippen LogP contribution >= 0.6 is 0 Å². The van der Waals surface area contributed by atoms with Crippen LogP contribution in [0.2, 0.25) is 0 Å². The molecule has 4 rings (SSSR count). The summed E-state index contributed by atoms with van der Waals surface area (Å²) in [6.45, 7) is 4.17. The zero-order chi connectivity index (χ0) is 19.8. The Bertz CT molecular complexity index is 1010. The molecular formula is C20H27N5O3. The molecule has 2 aromatic rings. The van der Waals surface area contributed by atoms with E-state index in [1.165, 1.54) is 4.57 Å². The molecule has 28 heavy (non-hydrogen) atoms. The van der Waals surface area contributed by atoms with E-state index in [4.69, 9.17) is 0 Å². The Morgan fingerprint density at radius 1 is 1.25 bits per heavy atom. The smallest absolute Gasteiger partial charge is 0.329 e. The molecule has 1 saturated heterocycles. The summed E-state index contributed by atoms with van der Waals surface area (Å²) >= 11 is 0. The predicted octanol–water partition coefficient (Wildman–Crippen LogP) is 1.20. The van der Waals surface area contributed by atoms with Crippen molar-refractivity contribution in [2.45, 2.75) is 57.5 Å². The summed E-state index contributed by atoms with van der Waals surface area (Å²) in [4.78, 5) is 47.2. The lowest BCUT2D eigenvalue weighted by Crippen LogP contribution is -2.44. The fraction of sp³-hybridized carbons (Fsp3) is 0.600. The normalized spacial score (nSPS) is 17.8. The van der Waals surface area contributed by atoms with E-state index in [1.54, 1.807) is 18.0 Å². The summed E-state index contributed by atoms with van der Waals surface area (Å²) < 4.78 is 1.49. The number of carbonyl (C=O) groups excluding carboxylic acids is 1. The van der Waals surface area contributed by atoms with Crippen LogP contribution in [0.25, 0.3) is 11.0 Å². The minimum atomic E-state index is -0.538. The van der Waals surface area contributed by atoms with Crippen molar-refractivity contribution in [1.82, 2.24) is 24.8 Å². The SMILES string of the molecule is CCCn1c(=O)[nH]c(=O)c2c(C(=O)N(C)C3CCNCC3)cc(C3CC3)nc21. The molecule has 1 aliphatic carbocycles. The first-order valence-corrected chi connectivity index (χ1v) is 10.2. The van der Waals surface area contributed by atoms with Crippen molar-refractivity contribution >= 4 is 16.9 Å². The molecule has 8 heteroatoms. The van der Waals surface area contributed by atoms with Crippen LogP contribution < -0.4 is 16.6 Å². The lowest BCUT2D eigenvalue weighted by atomic mass is 10.0. The maximum absolute atomic E-state index is 13.4. The average molecular weight is 385 g/mol. The molecule has 1 amide bonds. The first-order valence-electron chi connectivity index (χ1n) is 10.2. The van der Waals surface area contributed by atoms with Gasteiger partial charge in [-0.15, -0.1) is 0 Å². The molecule has 2 aromatic heterocycles. The Morgan fingerprint density at radius 2 is 1.96 bits per heavy atom. The minimum Gasteiger partial charge on any atom is -0.339 e. The number of nitrogens with one attached hydrogen (secondary N) is 2. The fourth-order valence-corrected chi connectivity index (χ4v) is 4.03. The molecule has 0 bridgehead atoms. The Morgan fingerprint density at radius 3 is 2.61 bits per heavy atom. The highest BCUT2D eigenvalue weighted by atomic mass is 16.2. The molecule has 3 heterocycles. The van der Waals surface area contributed by atoms with Crippen LogP contribution in [0, 0.1) is 0 Å². The summed E-state index contributed by atoms with van der Waals surface area (Å²) in [7, 11) is 1.80. The highest BCUT2D eigenvalue weighted by Crippen LogP contribution is 2.40. The second kappa shape index (κ2) is 7.50. The maximum atomic E-state index is 13.4. The third-order valence-electron chi connectivity index (χ3n) is 5.82. The quantitative estimate of drug-likeness (QED) is 0.805. The molecule has 2 N–H and O–H groups in total. The topological polar surface area (TPSA) is 100 Å². The van der Waals surface area contributed by atoms with Gasteiger partial charge in [0.05, 0.1) is 10.9 Å². The first kappa shape index (κ1) is 18.9. The number of fused-ring (bicyclic) bond motifs is 1. The number of nitrogens with zero attached hydrogens (tertiary/aromatic N) is 3. The Labute approximate surface area is 163 Å². The molecule has 8 nitrogen and oxygen atoms in total. The average Bonchev–Trinajstić information content (AvgIpc) is 3.55. The molecule has 2 aliphatic rings. The molecule has 0 spiro atoms. The van der Waals surface area contributed by atoms with Crippen LogP contribution in [-0.4, -0.2) is 51.5 Å². The summed E-state index contributed by atoms with van der Waals surface area (Å²) in [5, 5.41) is 3.53. The summed E-state index contributed by atoms with van der Waals surface area (Å²) in [5.41, 5.74) is 0.500. The van der Waals surface area contributed by atoms with E-state index >= 15 is 0 Å². The summed E-state index contributed by atoms with van der Waals surface area (Å²) in [6, 6.07) is 1.91. The monoisotopic (exact) mass is 385 g/mol. The third kappa shape index (κ3) is 3.37. The van der Waals surface area contributed by atoms with Crippen LogP contribution in [-0.2, 0) is 6.54 Å². The van der Waals surface area contributed by atoms with Gasteiger partial charge in [-0.3, -0.25) is 19.1 Å². The van der Waals surface area contributed by atoms with Gasteiger partial charge in [0, 0.05) is 31.2 Å². The van der Waals surface area contributed by atoms with Gasteiger partial charge in [0.1, 0.15) is 0 Å².